The van der Waals surface area contributed by atoms with Crippen molar-refractivity contribution in [1.82, 2.24) is 10.2 Å². The van der Waals surface area contributed by atoms with E-state index in [2.05, 4.69) is 22.0 Å². The van der Waals surface area contributed by atoms with E-state index in [0.29, 0.717) is 5.41 Å². The zero-order valence-corrected chi connectivity index (χ0v) is 12.9. The molecule has 1 atom stereocenters. The van der Waals surface area contributed by atoms with Gasteiger partial charge in [0.15, 0.2) is 0 Å². The van der Waals surface area contributed by atoms with Gasteiger partial charge in [-0.05, 0) is 49.1 Å². The maximum Gasteiger partial charge on any atom is 0.123 e. The predicted molar refractivity (Wildman–Crippen MR) is 85.3 cm³/mol. The molecule has 3 nitrogen and oxygen atoms in total. The highest BCUT2D eigenvalue weighted by Crippen LogP contribution is 2.31. The molecule has 0 amide bonds. The average Bonchev–Trinajstić information content (AvgIpc) is 2.98. The molecule has 2 aliphatic rings. The lowest BCUT2D eigenvalue weighted by Crippen LogP contribution is -2.50. The topological polar surface area (TPSA) is 18.5 Å². The Hall–Kier alpha value is -1.13. The Balaban J connectivity index is 1.54. The van der Waals surface area contributed by atoms with Gasteiger partial charge in [0.25, 0.3) is 0 Å². The van der Waals surface area contributed by atoms with Crippen LogP contribution in [0.5, 0.6) is 0 Å². The quantitative estimate of drug-likeness (QED) is 0.918. The summed E-state index contributed by atoms with van der Waals surface area (Å²) in [6.07, 6.45) is 2.57. The lowest BCUT2D eigenvalue weighted by molar-refractivity contribution is 0.151. The normalized spacial score (nSPS) is 27.2. The Morgan fingerprint density at radius 2 is 1.86 bits per heavy atom. The van der Waals surface area contributed by atoms with Gasteiger partial charge >= 0.3 is 0 Å². The number of nitrogens with one attached hydrogen (secondary N) is 1. The Morgan fingerprint density at radius 3 is 2.43 bits per heavy atom. The van der Waals surface area contributed by atoms with Crippen LogP contribution in [0.3, 0.4) is 0 Å². The largest absolute Gasteiger partial charge is 0.369 e. The summed E-state index contributed by atoms with van der Waals surface area (Å²) >= 11 is 0. The Kier molecular flexibility index (Phi) is 4.45. The number of anilines is 1. The summed E-state index contributed by atoms with van der Waals surface area (Å²) < 4.78 is 13.0. The molecule has 2 fully saturated rings. The number of rotatable bonds is 4. The van der Waals surface area contributed by atoms with E-state index in [-0.39, 0.29) is 5.82 Å². The highest BCUT2D eigenvalue weighted by molar-refractivity contribution is 5.46. The molecule has 1 N–H and O–H groups in total. The lowest BCUT2D eigenvalue weighted by Gasteiger charge is -2.40. The SMILES string of the molecule is CCC1(CN2CCN(c3ccc(F)cc3)CC2)CCNC1. The van der Waals surface area contributed by atoms with Crippen LogP contribution in [-0.2, 0) is 0 Å². The van der Waals surface area contributed by atoms with E-state index in [1.54, 1.807) is 12.1 Å². The molecule has 21 heavy (non-hydrogen) atoms. The number of benzene rings is 1. The molecule has 2 heterocycles. The summed E-state index contributed by atoms with van der Waals surface area (Å²) in [5.41, 5.74) is 1.63. The summed E-state index contributed by atoms with van der Waals surface area (Å²) in [6, 6.07) is 6.88. The van der Waals surface area contributed by atoms with Crippen molar-refractivity contribution in [3.63, 3.8) is 0 Å². The molecule has 0 aromatic heterocycles. The molecule has 116 valence electrons. The molecule has 4 heteroatoms. The molecule has 1 aromatic carbocycles. The van der Waals surface area contributed by atoms with Crippen molar-refractivity contribution in [2.24, 2.45) is 5.41 Å². The van der Waals surface area contributed by atoms with Gasteiger partial charge in [0.1, 0.15) is 5.82 Å². The van der Waals surface area contributed by atoms with Gasteiger partial charge in [-0.3, -0.25) is 4.90 Å². The van der Waals surface area contributed by atoms with Crippen molar-refractivity contribution in [1.29, 1.82) is 0 Å². The van der Waals surface area contributed by atoms with Crippen molar-refractivity contribution in [3.05, 3.63) is 30.1 Å². The Morgan fingerprint density at radius 1 is 1.14 bits per heavy atom. The summed E-state index contributed by atoms with van der Waals surface area (Å²) in [5, 5.41) is 3.52. The van der Waals surface area contributed by atoms with Crippen molar-refractivity contribution < 1.29 is 4.39 Å². The van der Waals surface area contributed by atoms with Crippen LogP contribution in [0.15, 0.2) is 24.3 Å². The van der Waals surface area contributed by atoms with Crippen LogP contribution >= 0.6 is 0 Å². The monoisotopic (exact) mass is 291 g/mol. The third-order valence-corrected chi connectivity index (χ3v) is 5.21. The van der Waals surface area contributed by atoms with Gasteiger partial charge in [0.05, 0.1) is 0 Å². The van der Waals surface area contributed by atoms with Crippen LogP contribution in [0.2, 0.25) is 0 Å². The van der Waals surface area contributed by atoms with Gasteiger partial charge in [-0.2, -0.15) is 0 Å². The van der Waals surface area contributed by atoms with E-state index in [4.69, 9.17) is 0 Å². The van der Waals surface area contributed by atoms with Crippen LogP contribution in [-0.4, -0.2) is 50.7 Å². The summed E-state index contributed by atoms with van der Waals surface area (Å²) in [7, 11) is 0. The van der Waals surface area contributed by atoms with E-state index >= 15 is 0 Å². The molecule has 0 saturated carbocycles. The highest BCUT2D eigenvalue weighted by atomic mass is 19.1. The van der Waals surface area contributed by atoms with Gasteiger partial charge < -0.3 is 10.2 Å². The predicted octanol–water partition coefficient (Wildman–Crippen LogP) is 2.34. The number of hydrogen-bond donors (Lipinski definition) is 1. The van der Waals surface area contributed by atoms with Crippen LogP contribution in [0.1, 0.15) is 19.8 Å². The number of piperazine rings is 1. The Labute approximate surface area is 127 Å². The Bertz CT molecular complexity index is 446. The molecular weight excluding hydrogens is 265 g/mol. The van der Waals surface area contributed by atoms with Gasteiger partial charge in [-0.25, -0.2) is 4.39 Å². The average molecular weight is 291 g/mol. The molecule has 1 aromatic rings. The zero-order valence-electron chi connectivity index (χ0n) is 12.9. The molecule has 3 rings (SSSR count). The second-order valence-electron chi connectivity index (χ2n) is 6.52. The van der Waals surface area contributed by atoms with Crippen molar-refractivity contribution in [2.45, 2.75) is 19.8 Å². The number of halogens is 1. The third kappa shape index (κ3) is 3.38. The van der Waals surface area contributed by atoms with Crippen molar-refractivity contribution >= 4 is 5.69 Å². The highest BCUT2D eigenvalue weighted by Gasteiger charge is 2.34. The molecule has 2 saturated heterocycles. The van der Waals surface area contributed by atoms with Gasteiger partial charge in [0, 0.05) is 45.0 Å². The minimum absolute atomic E-state index is 0.156. The number of hydrogen-bond acceptors (Lipinski definition) is 3. The first kappa shape index (κ1) is 14.8. The maximum absolute atomic E-state index is 13.0. The van der Waals surface area contributed by atoms with Crippen LogP contribution < -0.4 is 10.2 Å². The summed E-state index contributed by atoms with van der Waals surface area (Å²) in [5.74, 6) is -0.156. The standard InChI is InChI=1S/C17H26FN3/c1-2-17(7-8-19-13-17)14-20-9-11-21(12-10-20)16-5-3-15(18)4-6-16/h3-6,19H,2,7-14H2,1H3. The van der Waals surface area contributed by atoms with Gasteiger partial charge in [0.2, 0.25) is 0 Å². The molecular formula is C17H26FN3. The lowest BCUT2D eigenvalue weighted by atomic mass is 9.83. The van der Waals surface area contributed by atoms with E-state index < -0.39 is 0 Å². The summed E-state index contributed by atoms with van der Waals surface area (Å²) in [6.45, 7) is 10.2. The smallest absolute Gasteiger partial charge is 0.123 e. The first-order chi connectivity index (χ1) is 10.2. The van der Waals surface area contributed by atoms with Gasteiger partial charge in [-0.1, -0.05) is 6.92 Å². The van der Waals surface area contributed by atoms with E-state index in [1.807, 2.05) is 12.1 Å². The minimum atomic E-state index is -0.156. The zero-order chi connectivity index (χ0) is 14.7. The van der Waals surface area contributed by atoms with Crippen molar-refractivity contribution in [3.8, 4) is 0 Å². The fourth-order valence-corrected chi connectivity index (χ4v) is 3.63. The molecule has 1 unspecified atom stereocenters. The minimum Gasteiger partial charge on any atom is -0.369 e. The summed E-state index contributed by atoms with van der Waals surface area (Å²) in [4.78, 5) is 4.97. The van der Waals surface area contributed by atoms with Crippen molar-refractivity contribution in [2.75, 3.05) is 50.7 Å². The van der Waals surface area contributed by atoms with Crippen LogP contribution in [0.25, 0.3) is 0 Å². The number of nitrogens with zero attached hydrogens (tertiary/aromatic N) is 2. The van der Waals surface area contributed by atoms with E-state index in [9.17, 15) is 4.39 Å². The second kappa shape index (κ2) is 6.32. The first-order valence-electron chi connectivity index (χ1n) is 8.14. The molecule has 2 aliphatic heterocycles. The molecule has 0 bridgehead atoms. The van der Waals surface area contributed by atoms with Gasteiger partial charge in [-0.15, -0.1) is 0 Å². The van der Waals surface area contributed by atoms with E-state index in [0.717, 1.165) is 31.9 Å². The maximum atomic E-state index is 13.0. The molecule has 0 spiro atoms. The fraction of sp³-hybridized carbons (Fsp3) is 0.647. The van der Waals surface area contributed by atoms with E-state index in [1.165, 1.54) is 32.5 Å². The second-order valence-corrected chi connectivity index (χ2v) is 6.52. The first-order valence-corrected chi connectivity index (χ1v) is 8.14. The third-order valence-electron chi connectivity index (χ3n) is 5.21. The fourth-order valence-electron chi connectivity index (χ4n) is 3.63. The van der Waals surface area contributed by atoms with Crippen LogP contribution in [0, 0.1) is 11.2 Å². The van der Waals surface area contributed by atoms with Crippen LogP contribution in [0.4, 0.5) is 10.1 Å². The molecule has 0 radical (unpaired) electrons. The molecule has 0 aliphatic carbocycles.